The number of hydrogen-bond acceptors (Lipinski definition) is 6. The summed E-state index contributed by atoms with van der Waals surface area (Å²) >= 11 is 0. The molecule has 9 nitrogen and oxygen atoms in total. The lowest BCUT2D eigenvalue weighted by atomic mass is 10.1. The molecule has 2 rings (SSSR count). The van der Waals surface area contributed by atoms with Crippen LogP contribution in [-0.4, -0.2) is 45.6 Å². The molecule has 0 aromatic rings. The van der Waals surface area contributed by atoms with Crippen LogP contribution in [0.1, 0.15) is 23.2 Å². The minimum Gasteiger partial charge on any atom is -0.465 e. The first-order valence-corrected chi connectivity index (χ1v) is 6.16. The number of nitrogens with one attached hydrogen (secondary N) is 2. The summed E-state index contributed by atoms with van der Waals surface area (Å²) in [5.41, 5.74) is 2.38. The summed E-state index contributed by atoms with van der Waals surface area (Å²) in [6.07, 6.45) is 3.09. The number of esters is 1. The average molecular weight is 294 g/mol. The summed E-state index contributed by atoms with van der Waals surface area (Å²) in [4.78, 5) is 35.0. The van der Waals surface area contributed by atoms with E-state index >= 15 is 0 Å². The van der Waals surface area contributed by atoms with Crippen molar-refractivity contribution in [2.75, 3.05) is 19.1 Å². The average Bonchev–Trinajstić information content (AvgIpc) is 2.85. The predicted octanol–water partition coefficient (Wildman–Crippen LogP) is -0.695. The van der Waals surface area contributed by atoms with Crippen LogP contribution in [0, 0.1) is 0 Å². The molecule has 112 valence electrons. The minimum atomic E-state index is -0.676. The fraction of sp³-hybridized carbons (Fsp3) is 0.333. The molecule has 2 aliphatic heterocycles. The number of aromatic amines is 1. The maximum absolute atomic E-state index is 11.7. The van der Waals surface area contributed by atoms with Crippen molar-refractivity contribution in [3.8, 4) is 11.3 Å². The molecule has 0 aliphatic carbocycles. The zero-order valence-corrected chi connectivity index (χ0v) is 11.3. The van der Waals surface area contributed by atoms with E-state index in [9.17, 15) is 14.4 Å². The van der Waals surface area contributed by atoms with Gasteiger partial charge in [0.2, 0.25) is 5.91 Å². The van der Waals surface area contributed by atoms with E-state index in [1.54, 1.807) is 0 Å². The first-order valence-electron chi connectivity index (χ1n) is 6.16. The van der Waals surface area contributed by atoms with Crippen molar-refractivity contribution in [3.63, 3.8) is 0 Å². The lowest BCUT2D eigenvalue weighted by molar-refractivity contribution is -0.117. The third-order valence-corrected chi connectivity index (χ3v) is 2.78. The van der Waals surface area contributed by atoms with Crippen molar-refractivity contribution >= 4 is 11.9 Å². The lowest BCUT2D eigenvalue weighted by Crippen LogP contribution is -2.24. The van der Waals surface area contributed by atoms with E-state index in [1.807, 2.05) is 0 Å². The molecule has 9 heteroatoms. The summed E-state index contributed by atoms with van der Waals surface area (Å²) in [5.74, 6) is -1.04. The van der Waals surface area contributed by atoms with Gasteiger partial charge >= 0.3 is 5.97 Å². The second-order valence-corrected chi connectivity index (χ2v) is 4.25. The molecule has 0 aromatic carbocycles. The number of fused-ring (bicyclic) bond motifs is 1. The first kappa shape index (κ1) is 14.7. The van der Waals surface area contributed by atoms with Gasteiger partial charge in [0.1, 0.15) is 11.3 Å². The molecule has 0 aromatic heterocycles. The molecule has 0 radical (unpaired) electrons. The summed E-state index contributed by atoms with van der Waals surface area (Å²) in [6.45, 7) is -0.100. The van der Waals surface area contributed by atoms with Crippen LogP contribution in [0.15, 0.2) is 17.2 Å². The number of carbonyl (C=O) groups excluding carboxylic acids is 2. The molecule has 1 amide bonds. The van der Waals surface area contributed by atoms with Crippen LogP contribution in [-0.2, 0) is 9.53 Å². The van der Waals surface area contributed by atoms with Crippen molar-refractivity contribution in [2.45, 2.75) is 12.8 Å². The Bertz CT molecular complexity index is 689. The molecule has 2 aliphatic rings. The molecule has 0 spiro atoms. The van der Waals surface area contributed by atoms with E-state index in [2.05, 4.69) is 20.4 Å². The number of ether oxygens (including phenoxy) is 1. The molecule has 3 N–H and O–H groups in total. The number of H-pyrrole nitrogens is 1. The van der Waals surface area contributed by atoms with E-state index in [0.717, 1.165) is 0 Å². The van der Waals surface area contributed by atoms with Gasteiger partial charge < -0.3 is 9.84 Å². The Morgan fingerprint density at radius 2 is 2.24 bits per heavy atom. The maximum Gasteiger partial charge on any atom is 0.341 e. The SMILES string of the molecule is COC(=O)c1cn(NC(=O)CCCO)cc2c(=O)[nH]nc1-2. The highest BCUT2D eigenvalue weighted by Crippen LogP contribution is 2.19. The molecule has 0 atom stereocenters. The number of aromatic nitrogens is 3. The van der Waals surface area contributed by atoms with Gasteiger partial charge in [-0.25, -0.2) is 9.89 Å². The number of amides is 1. The van der Waals surface area contributed by atoms with Crippen LogP contribution in [0.2, 0.25) is 0 Å². The van der Waals surface area contributed by atoms with Gasteiger partial charge in [-0.2, -0.15) is 5.10 Å². The highest BCUT2D eigenvalue weighted by Gasteiger charge is 2.22. The molecular formula is C12H14N4O5. The summed E-state index contributed by atoms with van der Waals surface area (Å²) in [7, 11) is 1.20. The highest BCUT2D eigenvalue weighted by atomic mass is 16.5. The number of aliphatic hydroxyl groups excluding tert-OH is 1. The molecule has 0 unspecified atom stereocenters. The van der Waals surface area contributed by atoms with Crippen molar-refractivity contribution < 1.29 is 19.4 Å². The Kier molecular flexibility index (Phi) is 4.33. The number of rotatable bonds is 5. The van der Waals surface area contributed by atoms with Crippen molar-refractivity contribution in [3.05, 3.63) is 28.3 Å². The molecular weight excluding hydrogens is 280 g/mol. The normalized spacial score (nSPS) is 10.6. The predicted molar refractivity (Wildman–Crippen MR) is 71.5 cm³/mol. The third kappa shape index (κ3) is 3.08. The van der Waals surface area contributed by atoms with Crippen molar-refractivity contribution in [2.24, 2.45) is 0 Å². The van der Waals surface area contributed by atoms with Crippen LogP contribution in [0.5, 0.6) is 0 Å². The Balaban J connectivity index is 2.38. The molecule has 21 heavy (non-hydrogen) atoms. The Morgan fingerprint density at radius 3 is 2.90 bits per heavy atom. The number of methoxy groups -OCH3 is 1. The van der Waals surface area contributed by atoms with E-state index in [0.29, 0.717) is 6.42 Å². The molecule has 2 heterocycles. The lowest BCUT2D eigenvalue weighted by Gasteiger charge is -2.12. The van der Waals surface area contributed by atoms with Crippen molar-refractivity contribution in [1.82, 2.24) is 14.9 Å². The number of pyridine rings is 1. The van der Waals surface area contributed by atoms with Gasteiger partial charge in [0.05, 0.1) is 12.7 Å². The van der Waals surface area contributed by atoms with Gasteiger partial charge in [-0.05, 0) is 6.42 Å². The van der Waals surface area contributed by atoms with E-state index in [4.69, 9.17) is 5.11 Å². The number of aliphatic hydroxyl groups is 1. The quantitative estimate of drug-likeness (QED) is 0.626. The van der Waals surface area contributed by atoms with Gasteiger partial charge in [0.25, 0.3) is 5.56 Å². The maximum atomic E-state index is 11.7. The zero-order chi connectivity index (χ0) is 15.4. The zero-order valence-electron chi connectivity index (χ0n) is 11.3. The van der Waals surface area contributed by atoms with Crippen LogP contribution in [0.3, 0.4) is 0 Å². The highest BCUT2D eigenvalue weighted by molar-refractivity contribution is 5.96. The topological polar surface area (TPSA) is 126 Å². The minimum absolute atomic E-state index is 0.0517. The van der Waals surface area contributed by atoms with Gasteiger partial charge in [-0.3, -0.25) is 19.7 Å². The second kappa shape index (κ2) is 6.18. The van der Waals surface area contributed by atoms with Gasteiger partial charge in [0.15, 0.2) is 0 Å². The van der Waals surface area contributed by atoms with E-state index < -0.39 is 11.5 Å². The summed E-state index contributed by atoms with van der Waals surface area (Å²) in [5, 5.41) is 14.7. The standard InChI is InChI=1S/C12H14N4O5/c1-21-12(20)8-6-16(15-9(18)3-2-4-17)5-7-10(8)13-14-11(7)19/h5-6,17H,2-4H2,1H3,(H,14,19)(H,15,18). The van der Waals surface area contributed by atoms with Crippen LogP contribution < -0.4 is 11.0 Å². The monoisotopic (exact) mass is 294 g/mol. The largest absolute Gasteiger partial charge is 0.465 e. The third-order valence-electron chi connectivity index (χ3n) is 2.78. The van der Waals surface area contributed by atoms with Gasteiger partial charge in [0, 0.05) is 25.4 Å². The van der Waals surface area contributed by atoms with Crippen LogP contribution in [0.4, 0.5) is 0 Å². The molecule has 0 fully saturated rings. The van der Waals surface area contributed by atoms with E-state index in [1.165, 1.54) is 24.2 Å². The molecule has 0 bridgehead atoms. The summed E-state index contributed by atoms with van der Waals surface area (Å²) in [6, 6.07) is 0. The van der Waals surface area contributed by atoms with Gasteiger partial charge in [-0.1, -0.05) is 0 Å². The van der Waals surface area contributed by atoms with Crippen LogP contribution in [0.25, 0.3) is 11.3 Å². The number of nitrogens with zero attached hydrogens (tertiary/aromatic N) is 2. The summed E-state index contributed by atoms with van der Waals surface area (Å²) < 4.78 is 5.82. The fourth-order valence-electron chi connectivity index (χ4n) is 1.80. The Morgan fingerprint density at radius 1 is 1.48 bits per heavy atom. The van der Waals surface area contributed by atoms with Crippen molar-refractivity contribution in [1.29, 1.82) is 0 Å². The smallest absolute Gasteiger partial charge is 0.341 e. The Labute approximate surface area is 118 Å². The van der Waals surface area contributed by atoms with E-state index in [-0.39, 0.29) is 35.8 Å². The molecule has 0 saturated heterocycles. The molecule has 0 saturated carbocycles. The fourth-order valence-corrected chi connectivity index (χ4v) is 1.80. The number of carbonyl (C=O) groups is 2. The van der Waals surface area contributed by atoms with Crippen LogP contribution >= 0.6 is 0 Å². The Hall–Kier alpha value is -2.68. The first-order chi connectivity index (χ1) is 10.1. The second-order valence-electron chi connectivity index (χ2n) is 4.25. The van der Waals surface area contributed by atoms with Gasteiger partial charge in [-0.15, -0.1) is 0 Å². The number of hydrogen-bond donors (Lipinski definition) is 3.